The summed E-state index contributed by atoms with van der Waals surface area (Å²) in [6.45, 7) is 0.265. The number of benzene rings is 1. The second kappa shape index (κ2) is 6.25. The van der Waals surface area contributed by atoms with Crippen LogP contribution in [0, 0.1) is 0 Å². The van der Waals surface area contributed by atoms with Crippen molar-refractivity contribution in [1.82, 2.24) is 10.2 Å². The molecule has 3 amide bonds. The van der Waals surface area contributed by atoms with Crippen molar-refractivity contribution >= 4 is 17.7 Å². The number of amides is 3. The van der Waals surface area contributed by atoms with Gasteiger partial charge >= 0.3 is 0 Å². The van der Waals surface area contributed by atoms with Crippen LogP contribution in [0.25, 0.3) is 0 Å². The molecule has 0 unspecified atom stereocenters. The number of hydrogen-bond acceptors (Lipinski definition) is 5. The molecule has 0 atom stereocenters. The van der Waals surface area contributed by atoms with Crippen LogP contribution in [0.4, 0.5) is 0 Å². The molecule has 21 heavy (non-hydrogen) atoms. The van der Waals surface area contributed by atoms with Gasteiger partial charge in [0.25, 0.3) is 5.91 Å². The normalized spacial score (nSPS) is 14.4. The van der Waals surface area contributed by atoms with E-state index in [2.05, 4.69) is 5.32 Å². The number of ether oxygens (including phenoxy) is 1. The standard InChI is InChI=1S/C14H16N2O5/c1-21-9-2-3-11(17)10(8-9)14(20)15-6-7-16-12(18)4-5-13(16)19/h2-3,8,17H,4-7H2,1H3,(H,15,20). The number of methoxy groups -OCH3 is 1. The van der Waals surface area contributed by atoms with Gasteiger partial charge in [-0.15, -0.1) is 0 Å². The summed E-state index contributed by atoms with van der Waals surface area (Å²) in [5, 5.41) is 12.2. The molecule has 0 bridgehead atoms. The lowest BCUT2D eigenvalue weighted by atomic mass is 10.1. The van der Waals surface area contributed by atoms with Crippen molar-refractivity contribution in [2.75, 3.05) is 20.2 Å². The Morgan fingerprint density at radius 2 is 2.00 bits per heavy atom. The van der Waals surface area contributed by atoms with Crippen LogP contribution < -0.4 is 10.1 Å². The number of phenols is 1. The number of phenolic OH excluding ortho intramolecular Hbond substituents is 1. The minimum Gasteiger partial charge on any atom is -0.507 e. The van der Waals surface area contributed by atoms with Gasteiger partial charge in [-0.05, 0) is 18.2 Å². The number of likely N-dealkylation sites (tertiary alicyclic amines) is 1. The fraction of sp³-hybridized carbons (Fsp3) is 0.357. The maximum atomic E-state index is 12.0. The van der Waals surface area contributed by atoms with Crippen molar-refractivity contribution in [3.8, 4) is 11.5 Å². The zero-order valence-electron chi connectivity index (χ0n) is 11.6. The van der Waals surface area contributed by atoms with Gasteiger partial charge in [0, 0.05) is 25.9 Å². The molecule has 0 aliphatic carbocycles. The molecular weight excluding hydrogens is 276 g/mol. The van der Waals surface area contributed by atoms with Gasteiger partial charge in [-0.2, -0.15) is 0 Å². The zero-order valence-corrected chi connectivity index (χ0v) is 11.6. The molecule has 0 radical (unpaired) electrons. The third kappa shape index (κ3) is 3.31. The van der Waals surface area contributed by atoms with Gasteiger partial charge in [0.05, 0.1) is 12.7 Å². The highest BCUT2D eigenvalue weighted by atomic mass is 16.5. The number of nitrogens with zero attached hydrogens (tertiary/aromatic N) is 1. The Bertz CT molecular complexity index is 569. The van der Waals surface area contributed by atoms with Crippen molar-refractivity contribution in [1.29, 1.82) is 0 Å². The molecule has 7 nitrogen and oxygen atoms in total. The van der Waals surface area contributed by atoms with Crippen molar-refractivity contribution < 1.29 is 24.2 Å². The Labute approximate surface area is 121 Å². The molecule has 1 aliphatic rings. The Balaban J connectivity index is 1.93. The van der Waals surface area contributed by atoms with E-state index in [0.29, 0.717) is 5.75 Å². The molecule has 1 aromatic rings. The van der Waals surface area contributed by atoms with E-state index < -0.39 is 5.91 Å². The summed E-state index contributed by atoms with van der Waals surface area (Å²) in [6.07, 6.45) is 0.451. The molecule has 1 aromatic carbocycles. The van der Waals surface area contributed by atoms with Gasteiger partial charge in [-0.3, -0.25) is 19.3 Å². The largest absolute Gasteiger partial charge is 0.507 e. The topological polar surface area (TPSA) is 95.9 Å². The Hall–Kier alpha value is -2.57. The summed E-state index contributed by atoms with van der Waals surface area (Å²) in [7, 11) is 1.46. The first kappa shape index (κ1) is 14.8. The Kier molecular flexibility index (Phi) is 4.42. The molecule has 0 saturated carbocycles. The quantitative estimate of drug-likeness (QED) is 0.760. The summed E-state index contributed by atoms with van der Waals surface area (Å²) in [4.78, 5) is 35.9. The first-order chi connectivity index (χ1) is 10.0. The first-order valence-electron chi connectivity index (χ1n) is 6.51. The summed E-state index contributed by atoms with van der Waals surface area (Å²) < 4.78 is 4.99. The summed E-state index contributed by atoms with van der Waals surface area (Å²) >= 11 is 0. The molecule has 0 aromatic heterocycles. The molecule has 112 valence electrons. The lowest BCUT2D eigenvalue weighted by Crippen LogP contribution is -2.37. The van der Waals surface area contributed by atoms with E-state index in [1.807, 2.05) is 0 Å². The van der Waals surface area contributed by atoms with Crippen molar-refractivity contribution in [2.45, 2.75) is 12.8 Å². The first-order valence-corrected chi connectivity index (χ1v) is 6.51. The lowest BCUT2D eigenvalue weighted by molar-refractivity contribution is -0.138. The Morgan fingerprint density at radius 1 is 1.33 bits per heavy atom. The predicted molar refractivity (Wildman–Crippen MR) is 72.9 cm³/mol. The minimum absolute atomic E-state index is 0.0772. The van der Waals surface area contributed by atoms with E-state index >= 15 is 0 Å². The second-order valence-electron chi connectivity index (χ2n) is 4.58. The molecule has 2 rings (SSSR count). The van der Waals surface area contributed by atoms with Gasteiger partial charge in [-0.1, -0.05) is 0 Å². The van der Waals surface area contributed by atoms with E-state index in [9.17, 15) is 19.5 Å². The van der Waals surface area contributed by atoms with E-state index in [-0.39, 0.29) is 49.1 Å². The van der Waals surface area contributed by atoms with Gasteiger partial charge < -0.3 is 15.2 Å². The van der Waals surface area contributed by atoms with Gasteiger partial charge in [0.1, 0.15) is 11.5 Å². The van der Waals surface area contributed by atoms with Gasteiger partial charge in [-0.25, -0.2) is 0 Å². The number of imide groups is 1. The molecule has 1 aliphatic heterocycles. The maximum absolute atomic E-state index is 12.0. The van der Waals surface area contributed by atoms with Crippen LogP contribution in [0.1, 0.15) is 23.2 Å². The number of hydrogen-bond donors (Lipinski definition) is 2. The van der Waals surface area contributed by atoms with Crippen LogP contribution in [-0.2, 0) is 9.59 Å². The number of aromatic hydroxyl groups is 1. The molecule has 1 heterocycles. The molecule has 2 N–H and O–H groups in total. The maximum Gasteiger partial charge on any atom is 0.255 e. The third-order valence-electron chi connectivity index (χ3n) is 3.22. The zero-order chi connectivity index (χ0) is 15.4. The van der Waals surface area contributed by atoms with Crippen LogP contribution in [0.3, 0.4) is 0 Å². The second-order valence-corrected chi connectivity index (χ2v) is 4.58. The fourth-order valence-electron chi connectivity index (χ4n) is 2.07. The highest BCUT2D eigenvalue weighted by Gasteiger charge is 2.28. The van der Waals surface area contributed by atoms with E-state index in [0.717, 1.165) is 4.90 Å². The summed E-state index contributed by atoms with van der Waals surface area (Å²) in [6, 6.07) is 4.31. The van der Waals surface area contributed by atoms with Gasteiger partial charge in [0.2, 0.25) is 11.8 Å². The van der Waals surface area contributed by atoms with Crippen LogP contribution in [-0.4, -0.2) is 47.9 Å². The van der Waals surface area contributed by atoms with E-state index in [4.69, 9.17) is 4.74 Å². The number of carbonyl (C=O) groups excluding carboxylic acids is 3. The predicted octanol–water partition coefficient (Wildman–Crippen LogP) is 0.280. The average Bonchev–Trinajstić information content (AvgIpc) is 2.79. The van der Waals surface area contributed by atoms with Crippen LogP contribution >= 0.6 is 0 Å². The number of rotatable bonds is 5. The van der Waals surface area contributed by atoms with Crippen molar-refractivity contribution in [2.24, 2.45) is 0 Å². The lowest BCUT2D eigenvalue weighted by Gasteiger charge is -2.14. The molecule has 0 spiro atoms. The SMILES string of the molecule is COc1ccc(O)c(C(=O)NCCN2C(=O)CCC2=O)c1. The Morgan fingerprint density at radius 3 is 2.62 bits per heavy atom. The monoisotopic (exact) mass is 292 g/mol. The minimum atomic E-state index is -0.495. The van der Waals surface area contributed by atoms with Crippen molar-refractivity contribution in [3.05, 3.63) is 23.8 Å². The number of carbonyl (C=O) groups is 3. The van der Waals surface area contributed by atoms with E-state index in [1.165, 1.54) is 25.3 Å². The number of nitrogens with one attached hydrogen (secondary N) is 1. The molecule has 1 fully saturated rings. The smallest absolute Gasteiger partial charge is 0.255 e. The molecule has 7 heteroatoms. The van der Waals surface area contributed by atoms with Crippen LogP contribution in [0.2, 0.25) is 0 Å². The van der Waals surface area contributed by atoms with E-state index in [1.54, 1.807) is 0 Å². The molecule has 1 saturated heterocycles. The molecular formula is C14H16N2O5. The fourth-order valence-corrected chi connectivity index (χ4v) is 2.07. The summed E-state index contributed by atoms with van der Waals surface area (Å²) in [5.74, 6) is -0.660. The van der Waals surface area contributed by atoms with Crippen LogP contribution in [0.15, 0.2) is 18.2 Å². The highest BCUT2D eigenvalue weighted by molar-refractivity contribution is 6.02. The highest BCUT2D eigenvalue weighted by Crippen LogP contribution is 2.22. The van der Waals surface area contributed by atoms with Gasteiger partial charge in [0.15, 0.2) is 0 Å². The van der Waals surface area contributed by atoms with Crippen molar-refractivity contribution in [3.63, 3.8) is 0 Å². The van der Waals surface area contributed by atoms with Crippen LogP contribution in [0.5, 0.6) is 11.5 Å². The summed E-state index contributed by atoms with van der Waals surface area (Å²) in [5.41, 5.74) is 0.0772. The third-order valence-corrected chi connectivity index (χ3v) is 3.22. The average molecular weight is 292 g/mol.